The van der Waals surface area contributed by atoms with Crippen molar-refractivity contribution in [3.63, 3.8) is 0 Å². The number of rotatable bonds is 23. The standard InChI is InChI=1S/C16H18O6S2.C15H16ClNO4S.C15H17NO5S.C6H7NO2.C2H6O2/c1-13-3-7-15(8-4-13)23(17,18)21-11-12-22-24(19,20)16-9-5-14(2)6-10-16;1-12-2-6-15(7-3-12)22(18,19)21-9-8-20-14-5-4-13(10-16)17-11-14;1-12-2-6-15(7-3-12)22(18,19)21-9-8-20-14-5-4-13(11-17)16-10-14;8-4-5-1-2-6(9)3-7-5;3-1-2-4/h3-10H,11-12H2,1-2H3;2-7,11H,8-10H2,1H3;2-7,10,17H,8-9,11H2,1H3;1-3,8-9H,4H2;3-4H,1-2H2/i11D2,12D2;2*8D2,9D2;;1D2,2D2. The molecule has 3 aromatic heterocycles. The number of halogens is 1. The van der Waals surface area contributed by atoms with Crippen LogP contribution >= 0.6 is 11.6 Å². The molecule has 0 atom stereocenters. The lowest BCUT2D eigenvalue weighted by Crippen LogP contribution is -2.15. The average Bonchev–Trinajstić information content (AvgIpc) is 0.787. The Kier molecular flexibility index (Phi) is 20.5. The fourth-order valence-corrected chi connectivity index (χ4v) is 8.08. The van der Waals surface area contributed by atoms with Gasteiger partial charge in [0.05, 0.1) is 123 Å². The zero-order valence-corrected chi connectivity index (χ0v) is 46.9. The van der Waals surface area contributed by atoms with Gasteiger partial charge in [-0.15, -0.1) is 11.6 Å². The zero-order chi connectivity index (χ0) is 74.2. The molecule has 0 unspecified atom stereocenters. The van der Waals surface area contributed by atoms with Gasteiger partial charge in [-0.1, -0.05) is 70.8 Å². The molecule has 0 fully saturated rings. The molecule has 22 nitrogen and oxygen atoms in total. The highest BCUT2D eigenvalue weighted by Crippen LogP contribution is 2.18. The van der Waals surface area contributed by atoms with E-state index in [-0.39, 0.29) is 46.1 Å². The van der Waals surface area contributed by atoms with Gasteiger partial charge in [-0.2, -0.15) is 33.7 Å². The van der Waals surface area contributed by atoms with Gasteiger partial charge in [0.1, 0.15) is 43.5 Å². The van der Waals surface area contributed by atoms with Crippen LogP contribution in [0.4, 0.5) is 0 Å². The third-order valence-electron chi connectivity index (χ3n) is 9.22. The van der Waals surface area contributed by atoms with Gasteiger partial charge in [0.15, 0.2) is 0 Å². The highest BCUT2D eigenvalue weighted by atomic mass is 35.5. The topological polar surface area (TPSA) is 332 Å². The lowest BCUT2D eigenvalue weighted by Gasteiger charge is -2.08. The first-order chi connectivity index (χ1) is 44.2. The lowest BCUT2D eigenvalue weighted by atomic mass is 10.2. The van der Waals surface area contributed by atoms with Crippen molar-refractivity contribution < 1.29 is 107 Å². The molecule has 81 heavy (non-hydrogen) atoms. The number of aliphatic hydroxyl groups excluding tert-OH is 2. The van der Waals surface area contributed by atoms with Crippen molar-refractivity contribution >= 4 is 52.1 Å². The number of nitrogens with zero attached hydrogens (tertiary/aromatic N) is 3. The zero-order valence-electron chi connectivity index (χ0n) is 58.9. The summed E-state index contributed by atoms with van der Waals surface area (Å²) < 4.78 is 243. The normalized spacial score (nSPS) is 15.6. The van der Waals surface area contributed by atoms with Crippen LogP contribution in [0.3, 0.4) is 0 Å². The molecule has 0 spiro atoms. The summed E-state index contributed by atoms with van der Waals surface area (Å²) >= 11 is 5.60. The second-order valence-corrected chi connectivity index (χ2v) is 21.8. The third kappa shape index (κ3) is 26.3. The quantitative estimate of drug-likeness (QED) is 0.0349. The summed E-state index contributed by atoms with van der Waals surface area (Å²) in [5.74, 6) is -0.00462. The average molecular weight is 1240 g/mol. The van der Waals surface area contributed by atoms with E-state index in [1.165, 1.54) is 109 Å². The number of aromatic hydroxyl groups is 1. The molecule has 0 aliphatic rings. The van der Waals surface area contributed by atoms with E-state index >= 15 is 0 Å². The highest BCUT2D eigenvalue weighted by Gasteiger charge is 2.19. The molecule has 0 bridgehead atoms. The Morgan fingerprint density at radius 2 is 0.667 bits per heavy atom. The van der Waals surface area contributed by atoms with E-state index in [1.54, 1.807) is 33.8 Å². The summed E-state index contributed by atoms with van der Waals surface area (Å²) in [6.45, 7) is -20.0. The van der Waals surface area contributed by atoms with E-state index in [0.717, 1.165) is 58.9 Å². The van der Waals surface area contributed by atoms with Crippen LogP contribution in [-0.2, 0) is 76.3 Å². The largest absolute Gasteiger partial charge is 0.506 e. The van der Waals surface area contributed by atoms with Crippen molar-refractivity contribution in [2.24, 2.45) is 0 Å². The smallest absolute Gasteiger partial charge is 0.297 e. The number of aromatic nitrogens is 3. The predicted octanol–water partition coefficient (Wildman–Crippen LogP) is 6.24. The number of aliphatic hydroxyl groups is 4. The Balaban J connectivity index is 0.000000337. The van der Waals surface area contributed by atoms with Gasteiger partial charge in [0.25, 0.3) is 40.5 Å². The van der Waals surface area contributed by atoms with Gasteiger partial charge in [0.2, 0.25) is 0 Å². The molecule has 3 heterocycles. The van der Waals surface area contributed by atoms with Gasteiger partial charge in [-0.25, -0.2) is 0 Å². The minimum absolute atomic E-state index is 0.0831. The monoisotopic (exact) mass is 1240 g/mol. The van der Waals surface area contributed by atoms with Crippen molar-refractivity contribution in [1.82, 2.24) is 15.0 Å². The van der Waals surface area contributed by atoms with Gasteiger partial charge >= 0.3 is 0 Å². The maximum Gasteiger partial charge on any atom is 0.297 e. The van der Waals surface area contributed by atoms with Crippen molar-refractivity contribution in [2.45, 2.75) is 66.4 Å². The number of hydrogen-bond donors (Lipinski definition) is 5. The van der Waals surface area contributed by atoms with E-state index in [1.807, 2.05) is 0 Å². The molecule has 7 aromatic rings. The summed E-state index contributed by atoms with van der Waals surface area (Å²) in [7, 11) is -18.6. The fraction of sp³-hybridized carbons (Fsp3) is 0.278. The first kappa shape index (κ1) is 47.0. The molecule has 0 aliphatic carbocycles. The SMILES string of the molecule is OCc1ccc(O)cn1.[2H]C([2H])(O)C([2H])([2H])O.[2H]C([2H])(OS(=O)(=O)c1ccc(C)cc1)C([2H])([2H])OS(=O)(=O)c1ccc(C)cc1.[2H]C([2H])(Oc1ccc(CCl)nc1)C([2H])([2H])OS(=O)(=O)c1ccc(C)cc1.[2H]C([2H])(Oc1ccc(CO)nc1)C([2H])([2H])OS(=O)(=O)c1ccc(C)cc1. The summed E-state index contributed by atoms with van der Waals surface area (Å²) in [5.41, 5.74) is 4.46. The van der Waals surface area contributed by atoms with Crippen LogP contribution in [0.5, 0.6) is 17.2 Å². The maximum absolute atomic E-state index is 12.2. The summed E-state index contributed by atoms with van der Waals surface area (Å²) in [4.78, 5) is 9.92. The molecule has 440 valence electrons. The first-order valence-electron chi connectivity index (χ1n) is 30.4. The van der Waals surface area contributed by atoms with Crippen molar-refractivity contribution in [3.05, 3.63) is 191 Å². The maximum atomic E-state index is 12.2. The van der Waals surface area contributed by atoms with Crippen LogP contribution in [0.25, 0.3) is 0 Å². The summed E-state index contributed by atoms with van der Waals surface area (Å²) in [5, 5.41) is 42.2. The van der Waals surface area contributed by atoms with E-state index in [2.05, 4.69) is 31.7 Å². The molecular weight excluding hydrogens is 1160 g/mol. The Hall–Kier alpha value is -6.50. The Morgan fingerprint density at radius 1 is 0.395 bits per heavy atom. The van der Waals surface area contributed by atoms with Crippen molar-refractivity contribution in [1.29, 1.82) is 0 Å². The van der Waals surface area contributed by atoms with Crippen LogP contribution in [0.15, 0.2) is 172 Å². The summed E-state index contributed by atoms with van der Waals surface area (Å²) in [6.07, 6.45) is 3.53. The fourth-order valence-electron chi connectivity index (χ4n) is 5.08. The highest BCUT2D eigenvalue weighted by molar-refractivity contribution is 7.87. The number of hydrogen-bond acceptors (Lipinski definition) is 22. The number of aryl methyl sites for hydroxylation is 4. The second-order valence-electron chi connectivity index (χ2n) is 15.4. The van der Waals surface area contributed by atoms with E-state index in [0.29, 0.717) is 17.1 Å². The molecule has 0 saturated heterocycles. The molecule has 7 rings (SSSR count). The summed E-state index contributed by atoms with van der Waals surface area (Å²) in [6, 6.07) is 29.8. The van der Waals surface area contributed by atoms with E-state index in [9.17, 15) is 33.7 Å². The minimum Gasteiger partial charge on any atom is -0.506 e. The van der Waals surface area contributed by atoms with Crippen LogP contribution in [0.1, 0.15) is 61.3 Å². The van der Waals surface area contributed by atoms with Crippen LogP contribution in [0, 0.1) is 27.7 Å². The lowest BCUT2D eigenvalue weighted by molar-refractivity contribution is 0.186. The Morgan fingerprint density at radius 3 is 0.901 bits per heavy atom. The molecule has 4 aromatic carbocycles. The number of ether oxygens (including phenoxy) is 2. The van der Waals surface area contributed by atoms with Crippen molar-refractivity contribution in [3.8, 4) is 17.2 Å². The Bertz CT molecular complexity index is 3890. The van der Waals surface area contributed by atoms with Crippen molar-refractivity contribution in [2.75, 3.05) is 52.5 Å². The van der Waals surface area contributed by atoms with Crippen LogP contribution < -0.4 is 9.47 Å². The number of pyridine rings is 3. The number of benzene rings is 4. The van der Waals surface area contributed by atoms with Crippen LogP contribution in [-0.4, -0.2) is 127 Å². The minimum atomic E-state index is -4.73. The molecule has 0 aliphatic heterocycles. The van der Waals surface area contributed by atoms with Gasteiger partial charge in [-0.3, -0.25) is 31.7 Å². The number of alkyl halides is 1. The second kappa shape index (κ2) is 35.4. The van der Waals surface area contributed by atoms with Crippen LogP contribution in [0.2, 0.25) is 0 Å². The first-order valence-corrected chi connectivity index (χ1v) is 28.6. The third-order valence-corrected chi connectivity index (χ3v) is 14.1. The van der Waals surface area contributed by atoms with Gasteiger partial charge < -0.3 is 35.0 Å². The van der Waals surface area contributed by atoms with E-state index < -0.39 is 103 Å². The van der Waals surface area contributed by atoms with Gasteiger partial charge in [0, 0.05) is 0 Å². The molecule has 5 N–H and O–H groups in total. The molecule has 0 radical (unpaired) electrons. The molecule has 0 amide bonds. The van der Waals surface area contributed by atoms with Gasteiger partial charge in [-0.05, 0) is 113 Å². The Labute approximate surface area is 500 Å². The molecular formula is C54H64ClN3O19S4. The van der Waals surface area contributed by atoms with E-state index in [4.69, 9.17) is 68.5 Å². The molecule has 27 heteroatoms. The predicted molar refractivity (Wildman–Crippen MR) is 298 cm³/mol. The molecule has 0 saturated carbocycles.